The molecule has 1 nitrogen and oxygen atoms in total. The van der Waals surface area contributed by atoms with E-state index in [9.17, 15) is 0 Å². The first kappa shape index (κ1) is 9.85. The molecule has 0 saturated carbocycles. The first-order chi connectivity index (χ1) is 6.40. The summed E-state index contributed by atoms with van der Waals surface area (Å²) in [6, 6.07) is 10.6. The Bertz CT molecular complexity index is 327. The van der Waals surface area contributed by atoms with Gasteiger partial charge in [0.15, 0.2) is 0 Å². The van der Waals surface area contributed by atoms with Crippen molar-refractivity contribution in [3.05, 3.63) is 36.0 Å². The number of fused-ring (bicyclic) bond motifs is 1. The zero-order valence-corrected chi connectivity index (χ0v) is 8.59. The van der Waals surface area contributed by atoms with E-state index in [4.69, 9.17) is 0 Å². The van der Waals surface area contributed by atoms with Crippen molar-refractivity contribution in [1.29, 1.82) is 0 Å². The van der Waals surface area contributed by atoms with Crippen molar-refractivity contribution in [3.63, 3.8) is 0 Å². The van der Waals surface area contributed by atoms with Gasteiger partial charge in [0.1, 0.15) is 0 Å². The van der Waals surface area contributed by atoms with E-state index in [0.29, 0.717) is 0 Å². The van der Waals surface area contributed by atoms with Crippen molar-refractivity contribution in [2.24, 2.45) is 0 Å². The molecule has 0 aliphatic heterocycles. The molecular formula is C12H17N. The number of aromatic amines is 1. The number of benzene rings is 1. The molecule has 0 aliphatic carbocycles. The highest BCUT2D eigenvalue weighted by molar-refractivity contribution is 5.80. The molecule has 0 radical (unpaired) electrons. The lowest BCUT2D eigenvalue weighted by atomic mass is 10.2. The first-order valence-electron chi connectivity index (χ1n) is 4.97. The number of aromatic nitrogens is 1. The predicted molar refractivity (Wildman–Crippen MR) is 59.0 cm³/mol. The van der Waals surface area contributed by atoms with E-state index in [-0.39, 0.29) is 0 Å². The van der Waals surface area contributed by atoms with E-state index in [1.165, 1.54) is 16.6 Å². The van der Waals surface area contributed by atoms with Crippen LogP contribution in [-0.4, -0.2) is 4.98 Å². The molecule has 1 heteroatoms. The van der Waals surface area contributed by atoms with Gasteiger partial charge in [-0.3, -0.25) is 0 Å². The van der Waals surface area contributed by atoms with Crippen LogP contribution in [0.5, 0.6) is 0 Å². The van der Waals surface area contributed by atoms with Gasteiger partial charge in [0.05, 0.1) is 0 Å². The number of H-pyrrole nitrogens is 1. The smallest absolute Gasteiger partial charge is 0.0456 e. The molecule has 13 heavy (non-hydrogen) atoms. The molecule has 2 rings (SSSR count). The highest BCUT2D eigenvalue weighted by atomic mass is 14.7. The van der Waals surface area contributed by atoms with Crippen molar-refractivity contribution in [2.75, 3.05) is 0 Å². The molecule has 0 fully saturated rings. The summed E-state index contributed by atoms with van der Waals surface area (Å²) in [4.78, 5) is 3.35. The van der Waals surface area contributed by atoms with Crippen LogP contribution in [0, 0.1) is 0 Å². The molecule has 0 atom stereocenters. The zero-order valence-electron chi connectivity index (χ0n) is 8.59. The normalized spacial score (nSPS) is 9.46. The van der Waals surface area contributed by atoms with Crippen LogP contribution in [0.1, 0.15) is 26.5 Å². The molecule has 1 aromatic carbocycles. The van der Waals surface area contributed by atoms with E-state index < -0.39 is 0 Å². The number of hydrogen-bond acceptors (Lipinski definition) is 0. The Kier molecular flexibility index (Phi) is 3.56. The second-order valence-electron chi connectivity index (χ2n) is 2.74. The van der Waals surface area contributed by atoms with Crippen molar-refractivity contribution in [2.45, 2.75) is 27.2 Å². The fourth-order valence-corrected chi connectivity index (χ4v) is 1.32. The minimum atomic E-state index is 1.08. The van der Waals surface area contributed by atoms with Gasteiger partial charge in [0.25, 0.3) is 0 Å². The topological polar surface area (TPSA) is 15.8 Å². The van der Waals surface area contributed by atoms with Gasteiger partial charge < -0.3 is 4.98 Å². The minimum Gasteiger partial charge on any atom is -0.358 e. The van der Waals surface area contributed by atoms with Crippen LogP contribution in [0.4, 0.5) is 0 Å². The fraction of sp³-hybridized carbons (Fsp3) is 0.333. The standard InChI is InChI=1S/C10H11N.C2H6/c1-2-9-7-8-5-3-4-6-10(8)11-9;1-2/h3-7,11H,2H2,1H3;1-2H3. The van der Waals surface area contributed by atoms with Crippen LogP contribution in [0.2, 0.25) is 0 Å². The van der Waals surface area contributed by atoms with Crippen LogP contribution in [0.15, 0.2) is 30.3 Å². The zero-order chi connectivity index (χ0) is 9.68. The number of hydrogen-bond donors (Lipinski definition) is 1. The largest absolute Gasteiger partial charge is 0.358 e. The third-order valence-electron chi connectivity index (χ3n) is 1.97. The summed E-state index contributed by atoms with van der Waals surface area (Å²) in [6.07, 6.45) is 1.08. The Morgan fingerprint density at radius 1 is 1.15 bits per heavy atom. The predicted octanol–water partition coefficient (Wildman–Crippen LogP) is 3.76. The van der Waals surface area contributed by atoms with Gasteiger partial charge in [0.2, 0.25) is 0 Å². The Labute approximate surface area is 79.8 Å². The molecule has 70 valence electrons. The lowest BCUT2D eigenvalue weighted by molar-refractivity contribution is 1.07. The highest BCUT2D eigenvalue weighted by Crippen LogP contribution is 2.14. The lowest BCUT2D eigenvalue weighted by Gasteiger charge is -1.85. The number of rotatable bonds is 1. The molecule has 0 amide bonds. The molecule has 1 heterocycles. The second-order valence-corrected chi connectivity index (χ2v) is 2.74. The van der Waals surface area contributed by atoms with Crippen molar-refractivity contribution in [3.8, 4) is 0 Å². The molecule has 1 N–H and O–H groups in total. The molecule has 2 aromatic rings. The summed E-state index contributed by atoms with van der Waals surface area (Å²) in [5.41, 5.74) is 2.55. The monoisotopic (exact) mass is 175 g/mol. The molecule has 0 spiro atoms. The second kappa shape index (κ2) is 4.70. The van der Waals surface area contributed by atoms with Gasteiger partial charge in [-0.2, -0.15) is 0 Å². The van der Waals surface area contributed by atoms with Gasteiger partial charge in [-0.15, -0.1) is 0 Å². The number of nitrogens with one attached hydrogen (secondary N) is 1. The van der Waals surface area contributed by atoms with Crippen LogP contribution < -0.4 is 0 Å². The van der Waals surface area contributed by atoms with Crippen molar-refractivity contribution < 1.29 is 0 Å². The molecule has 0 unspecified atom stereocenters. The average Bonchev–Trinajstić information content (AvgIpc) is 2.63. The lowest BCUT2D eigenvalue weighted by Crippen LogP contribution is -1.74. The minimum absolute atomic E-state index is 1.08. The molecular weight excluding hydrogens is 158 g/mol. The average molecular weight is 175 g/mol. The van der Waals surface area contributed by atoms with Crippen molar-refractivity contribution in [1.82, 2.24) is 4.98 Å². The molecule has 0 bridgehead atoms. The number of para-hydroxylation sites is 1. The third-order valence-corrected chi connectivity index (χ3v) is 1.97. The maximum atomic E-state index is 3.35. The van der Waals surface area contributed by atoms with Crippen LogP contribution in [0.3, 0.4) is 0 Å². The summed E-state index contributed by atoms with van der Waals surface area (Å²) < 4.78 is 0. The maximum Gasteiger partial charge on any atom is 0.0456 e. The Morgan fingerprint density at radius 3 is 2.46 bits per heavy atom. The van der Waals surface area contributed by atoms with E-state index in [2.05, 4.69) is 42.2 Å². The van der Waals surface area contributed by atoms with E-state index in [1.807, 2.05) is 13.8 Å². The third kappa shape index (κ3) is 2.11. The van der Waals surface area contributed by atoms with Gasteiger partial charge >= 0.3 is 0 Å². The SMILES string of the molecule is CC.CCc1cc2ccccc2[nH]1. The van der Waals surface area contributed by atoms with Gasteiger partial charge in [0, 0.05) is 11.2 Å². The number of aryl methyl sites for hydroxylation is 1. The van der Waals surface area contributed by atoms with Crippen LogP contribution >= 0.6 is 0 Å². The highest BCUT2D eigenvalue weighted by Gasteiger charge is 1.95. The fourth-order valence-electron chi connectivity index (χ4n) is 1.32. The Hall–Kier alpha value is -1.24. The molecule has 0 saturated heterocycles. The first-order valence-corrected chi connectivity index (χ1v) is 4.97. The van der Waals surface area contributed by atoms with E-state index >= 15 is 0 Å². The summed E-state index contributed by atoms with van der Waals surface area (Å²) in [7, 11) is 0. The van der Waals surface area contributed by atoms with Gasteiger partial charge in [-0.05, 0) is 23.9 Å². The van der Waals surface area contributed by atoms with Crippen molar-refractivity contribution >= 4 is 10.9 Å². The Morgan fingerprint density at radius 2 is 1.85 bits per heavy atom. The summed E-state index contributed by atoms with van der Waals surface area (Å²) in [6.45, 7) is 6.16. The molecule has 1 aromatic heterocycles. The Balaban J connectivity index is 0.000000396. The van der Waals surface area contributed by atoms with Crippen LogP contribution in [-0.2, 0) is 6.42 Å². The van der Waals surface area contributed by atoms with Gasteiger partial charge in [-0.25, -0.2) is 0 Å². The van der Waals surface area contributed by atoms with E-state index in [1.54, 1.807) is 0 Å². The van der Waals surface area contributed by atoms with Gasteiger partial charge in [-0.1, -0.05) is 39.0 Å². The molecule has 0 aliphatic rings. The van der Waals surface area contributed by atoms with Crippen LogP contribution in [0.25, 0.3) is 10.9 Å². The summed E-state index contributed by atoms with van der Waals surface area (Å²) in [5, 5.41) is 1.31. The van der Waals surface area contributed by atoms with E-state index in [0.717, 1.165) is 6.42 Å². The summed E-state index contributed by atoms with van der Waals surface area (Å²) in [5.74, 6) is 0. The maximum absolute atomic E-state index is 3.35. The summed E-state index contributed by atoms with van der Waals surface area (Å²) >= 11 is 0. The quantitative estimate of drug-likeness (QED) is 0.679.